The lowest BCUT2D eigenvalue weighted by molar-refractivity contribution is -0.142. The number of fused-ring (bicyclic) bond motifs is 1. The van der Waals surface area contributed by atoms with Gasteiger partial charge in [0.1, 0.15) is 12.1 Å². The van der Waals surface area contributed by atoms with Crippen molar-refractivity contribution in [3.63, 3.8) is 0 Å². The summed E-state index contributed by atoms with van der Waals surface area (Å²) in [6.45, 7) is 15.7. The molecule has 0 radical (unpaired) electrons. The Morgan fingerprint density at radius 3 is 2.10 bits per heavy atom. The molecule has 13 heteroatoms. The molecule has 0 aliphatic carbocycles. The van der Waals surface area contributed by atoms with Crippen LogP contribution in [-0.2, 0) is 19.2 Å². The molecule has 4 unspecified atom stereocenters. The number of hydrogen-bond donors (Lipinski definition) is 4. The van der Waals surface area contributed by atoms with E-state index in [4.69, 9.17) is 0 Å². The van der Waals surface area contributed by atoms with Crippen LogP contribution < -0.4 is 21.3 Å². The molecule has 270 valence electrons. The van der Waals surface area contributed by atoms with Crippen LogP contribution in [-0.4, -0.2) is 102 Å². The number of nitrogens with one attached hydrogen (secondary N) is 4. The van der Waals surface area contributed by atoms with Gasteiger partial charge in [0.25, 0.3) is 11.8 Å². The first-order chi connectivity index (χ1) is 23.1. The molecule has 49 heavy (non-hydrogen) atoms. The van der Waals surface area contributed by atoms with E-state index < -0.39 is 65.0 Å². The number of aldehydes is 1. The van der Waals surface area contributed by atoms with Crippen molar-refractivity contribution in [1.82, 2.24) is 31.1 Å². The minimum atomic E-state index is -1.02. The molecule has 13 nitrogen and oxygen atoms in total. The first kappa shape index (κ1) is 40.8. The second-order valence-corrected chi connectivity index (χ2v) is 13.8. The van der Waals surface area contributed by atoms with E-state index in [2.05, 4.69) is 27.8 Å². The lowest BCUT2D eigenvalue weighted by atomic mass is 9.85. The molecule has 6 amide bonds. The van der Waals surface area contributed by atoms with Crippen molar-refractivity contribution in [1.29, 1.82) is 0 Å². The van der Waals surface area contributed by atoms with Gasteiger partial charge in [-0.05, 0) is 49.8 Å². The Morgan fingerprint density at radius 2 is 1.63 bits per heavy atom. The molecule has 3 rings (SSSR count). The fourth-order valence-corrected chi connectivity index (χ4v) is 5.67. The average Bonchev–Trinajstić information content (AvgIpc) is 3.64. The maximum atomic E-state index is 13.9. The zero-order valence-corrected chi connectivity index (χ0v) is 30.0. The summed E-state index contributed by atoms with van der Waals surface area (Å²) in [6.07, 6.45) is 4.71. The highest BCUT2D eigenvalue weighted by molar-refractivity contribution is 6.28. The summed E-state index contributed by atoms with van der Waals surface area (Å²) in [5.74, 6) is -2.67. The number of amides is 6. The van der Waals surface area contributed by atoms with Crippen molar-refractivity contribution in [2.75, 3.05) is 26.7 Å². The zero-order chi connectivity index (χ0) is 36.9. The molecule has 1 aromatic carbocycles. The SMILES string of the molecule is C=CCNC.CCCCC(NC(=O)C1CCCN1C(=O)C(NC(=O)NC(CN1C(=O)c2ccccc2C1=O)C(C)C)C(C)(C)C)C(=O)C=O. The van der Waals surface area contributed by atoms with Crippen LogP contribution in [0.15, 0.2) is 36.9 Å². The number of likely N-dealkylation sites (N-methyl/N-ethyl adjacent to an activating group) is 1. The molecular weight excluding hydrogens is 628 g/mol. The highest BCUT2D eigenvalue weighted by Crippen LogP contribution is 2.27. The summed E-state index contributed by atoms with van der Waals surface area (Å²) >= 11 is 0. The quantitative estimate of drug-likeness (QED) is 0.0946. The molecule has 1 fully saturated rings. The maximum absolute atomic E-state index is 13.9. The van der Waals surface area contributed by atoms with Crippen LogP contribution in [0.3, 0.4) is 0 Å². The number of urea groups is 1. The van der Waals surface area contributed by atoms with Crippen molar-refractivity contribution in [3.8, 4) is 0 Å². The Morgan fingerprint density at radius 1 is 1.02 bits per heavy atom. The van der Waals surface area contributed by atoms with Gasteiger partial charge in [-0.3, -0.25) is 33.7 Å². The third-order valence-electron chi connectivity index (χ3n) is 8.58. The lowest BCUT2D eigenvalue weighted by Crippen LogP contribution is -2.61. The highest BCUT2D eigenvalue weighted by Gasteiger charge is 2.43. The second kappa shape index (κ2) is 19.0. The smallest absolute Gasteiger partial charge is 0.315 e. The van der Waals surface area contributed by atoms with Crippen molar-refractivity contribution in [3.05, 3.63) is 48.0 Å². The van der Waals surface area contributed by atoms with Gasteiger partial charge in [0.05, 0.1) is 23.2 Å². The number of likely N-dealkylation sites (tertiary alicyclic amines) is 1. The number of ketones is 1. The first-order valence-electron chi connectivity index (χ1n) is 17.0. The van der Waals surface area contributed by atoms with Crippen LogP contribution in [0.2, 0.25) is 0 Å². The van der Waals surface area contributed by atoms with Gasteiger partial charge in [0.2, 0.25) is 17.6 Å². The maximum Gasteiger partial charge on any atom is 0.315 e. The van der Waals surface area contributed by atoms with Crippen LogP contribution in [0.1, 0.15) is 94.4 Å². The van der Waals surface area contributed by atoms with Crippen LogP contribution >= 0.6 is 0 Å². The molecule has 4 atom stereocenters. The third-order valence-corrected chi connectivity index (χ3v) is 8.58. The fourth-order valence-electron chi connectivity index (χ4n) is 5.67. The van der Waals surface area contributed by atoms with E-state index in [-0.39, 0.29) is 18.7 Å². The third kappa shape index (κ3) is 11.1. The van der Waals surface area contributed by atoms with E-state index in [1.807, 2.05) is 33.9 Å². The average molecular weight is 683 g/mol. The molecule has 0 bridgehead atoms. The van der Waals surface area contributed by atoms with Gasteiger partial charge in [-0.15, -0.1) is 6.58 Å². The highest BCUT2D eigenvalue weighted by atomic mass is 16.2. The number of unbranched alkanes of at least 4 members (excludes halogenated alkanes) is 1. The number of nitrogens with zero attached hydrogens (tertiary/aromatic N) is 2. The summed E-state index contributed by atoms with van der Waals surface area (Å²) in [6, 6.07) is 2.50. The summed E-state index contributed by atoms with van der Waals surface area (Å²) in [5.41, 5.74) is -0.107. The predicted octanol–water partition coefficient (Wildman–Crippen LogP) is 2.85. The molecule has 0 saturated carbocycles. The number of imide groups is 1. The van der Waals surface area contributed by atoms with E-state index >= 15 is 0 Å². The molecule has 2 aliphatic heterocycles. The van der Waals surface area contributed by atoms with Crippen molar-refractivity contribution >= 4 is 41.7 Å². The summed E-state index contributed by atoms with van der Waals surface area (Å²) < 4.78 is 0. The number of benzene rings is 1. The number of Topliss-reactive ketones (excluding diaryl/α,β-unsaturated/α-hetero) is 1. The normalized spacial score (nSPS) is 17.3. The van der Waals surface area contributed by atoms with Crippen LogP contribution in [0.5, 0.6) is 0 Å². The Hall–Kier alpha value is -4.39. The summed E-state index contributed by atoms with van der Waals surface area (Å²) in [5, 5.41) is 11.2. The molecule has 2 aliphatic rings. The van der Waals surface area contributed by atoms with Gasteiger partial charge in [0, 0.05) is 19.6 Å². The summed E-state index contributed by atoms with van der Waals surface area (Å²) in [4.78, 5) is 92.1. The molecule has 4 N–H and O–H groups in total. The molecule has 0 spiro atoms. The van der Waals surface area contributed by atoms with Gasteiger partial charge in [-0.25, -0.2) is 4.79 Å². The minimum Gasteiger partial charge on any atom is -0.344 e. The van der Waals surface area contributed by atoms with Crippen molar-refractivity contribution < 1.29 is 33.6 Å². The van der Waals surface area contributed by atoms with Gasteiger partial charge < -0.3 is 26.2 Å². The van der Waals surface area contributed by atoms with Crippen LogP contribution in [0.25, 0.3) is 0 Å². The Labute approximate surface area is 290 Å². The van der Waals surface area contributed by atoms with Gasteiger partial charge in [-0.1, -0.05) is 72.6 Å². The van der Waals surface area contributed by atoms with Crippen LogP contribution in [0.4, 0.5) is 4.79 Å². The first-order valence-corrected chi connectivity index (χ1v) is 17.0. The molecule has 1 aromatic rings. The van der Waals surface area contributed by atoms with E-state index in [0.717, 1.165) is 17.9 Å². The van der Waals surface area contributed by atoms with Crippen molar-refractivity contribution in [2.24, 2.45) is 11.3 Å². The summed E-state index contributed by atoms with van der Waals surface area (Å²) in [7, 11) is 1.89. The Balaban J connectivity index is 0.00000155. The Kier molecular flexibility index (Phi) is 15.8. The second-order valence-electron chi connectivity index (χ2n) is 13.8. The van der Waals surface area contributed by atoms with Gasteiger partial charge in [-0.2, -0.15) is 0 Å². The van der Waals surface area contributed by atoms with Crippen molar-refractivity contribution in [2.45, 2.75) is 97.8 Å². The van der Waals surface area contributed by atoms with E-state index in [1.165, 1.54) is 4.90 Å². The van der Waals surface area contributed by atoms with Crippen LogP contribution in [0, 0.1) is 11.3 Å². The molecule has 1 saturated heterocycles. The van der Waals surface area contributed by atoms with E-state index in [9.17, 15) is 33.6 Å². The molecule has 2 heterocycles. The van der Waals surface area contributed by atoms with E-state index in [0.29, 0.717) is 43.4 Å². The largest absolute Gasteiger partial charge is 0.344 e. The van der Waals surface area contributed by atoms with E-state index in [1.54, 1.807) is 45.0 Å². The molecular formula is C36H54N6O7. The van der Waals surface area contributed by atoms with Gasteiger partial charge >= 0.3 is 6.03 Å². The predicted molar refractivity (Wildman–Crippen MR) is 187 cm³/mol. The number of carbonyl (C=O) groups excluding carboxylic acids is 7. The monoisotopic (exact) mass is 682 g/mol. The lowest BCUT2D eigenvalue weighted by Gasteiger charge is -2.36. The molecule has 0 aromatic heterocycles. The minimum absolute atomic E-state index is 0.0430. The standard InChI is InChI=1S/C32H45N5O7.C4H9N/c1-7-8-14-22(25(39)18-38)33-27(40)24-15-11-16-36(24)30(43)26(32(4,5)6)35-31(44)34-23(19(2)3)17-37-28(41)20-12-9-10-13-21(20)29(37)42;1-3-4-5-2/h9-10,12-13,18-19,22-24,26H,7-8,11,14-17H2,1-6H3,(H,33,40)(H2,34,35,44);3,5H,1,4H2,2H3. The Bertz CT molecular complexity index is 1340. The number of carbonyl (C=O) groups is 7. The fraction of sp³-hybridized carbons (Fsp3) is 0.583. The zero-order valence-electron chi connectivity index (χ0n) is 30.0. The number of rotatable bonds is 15. The number of hydrogen-bond acceptors (Lipinski definition) is 8. The topological polar surface area (TPSA) is 174 Å². The van der Waals surface area contributed by atoms with Gasteiger partial charge in [0.15, 0.2) is 6.29 Å².